The van der Waals surface area contributed by atoms with Gasteiger partial charge in [-0.3, -0.25) is 9.59 Å². The lowest BCUT2D eigenvalue weighted by molar-refractivity contribution is 0.102. The number of amides is 1. The molecule has 1 heterocycles. The van der Waals surface area contributed by atoms with Crippen LogP contribution in [0.5, 0.6) is 0 Å². The number of fused-ring (bicyclic) bond motifs is 1. The number of aromatic nitrogens is 2. The summed E-state index contributed by atoms with van der Waals surface area (Å²) in [6.45, 7) is 1.68. The number of para-hydroxylation sites is 2. The van der Waals surface area contributed by atoms with Gasteiger partial charge >= 0.3 is 0 Å². The van der Waals surface area contributed by atoms with Crippen LogP contribution in [0.2, 0.25) is 0 Å². The number of carbonyl (C=O) groups is 1. The molecule has 0 aliphatic rings. The highest BCUT2D eigenvalue weighted by atomic mass is 19.1. The molecule has 1 amide bonds. The van der Waals surface area contributed by atoms with E-state index in [0.717, 1.165) is 5.69 Å². The smallest absolute Gasteiger partial charge is 0.280 e. The fourth-order valence-corrected chi connectivity index (χ4v) is 3.04. The van der Waals surface area contributed by atoms with E-state index >= 15 is 0 Å². The molecule has 0 aliphatic carbocycles. The zero-order valence-electron chi connectivity index (χ0n) is 15.0. The Morgan fingerprint density at radius 1 is 1.00 bits per heavy atom. The number of hydrogen-bond acceptors (Lipinski definition) is 3. The molecule has 0 saturated carbocycles. The molecule has 0 spiro atoms. The average molecular weight is 373 g/mol. The summed E-state index contributed by atoms with van der Waals surface area (Å²) in [5, 5.41) is 7.38. The van der Waals surface area contributed by atoms with Crippen molar-refractivity contribution in [2.45, 2.75) is 6.92 Å². The summed E-state index contributed by atoms with van der Waals surface area (Å²) in [4.78, 5) is 25.7. The number of halogens is 1. The molecule has 5 nitrogen and oxygen atoms in total. The molecule has 1 N–H and O–H groups in total. The van der Waals surface area contributed by atoms with Crippen molar-refractivity contribution in [1.29, 1.82) is 0 Å². The Morgan fingerprint density at radius 2 is 1.71 bits per heavy atom. The normalized spacial score (nSPS) is 10.8. The molecule has 4 rings (SSSR count). The third-order valence-electron chi connectivity index (χ3n) is 4.44. The number of rotatable bonds is 3. The Labute approximate surface area is 160 Å². The number of nitrogens with one attached hydrogen (secondary N) is 1. The molecule has 0 bridgehead atoms. The van der Waals surface area contributed by atoms with Gasteiger partial charge in [-0.1, -0.05) is 30.3 Å². The lowest BCUT2D eigenvalue weighted by atomic mass is 10.1. The number of anilines is 1. The SMILES string of the molecule is Cc1cc(F)ccc1NC(=O)c1nn(-c2ccccc2)c2ccccc2c1=O. The molecule has 0 saturated heterocycles. The van der Waals surface area contributed by atoms with Crippen LogP contribution in [0.4, 0.5) is 10.1 Å². The molecule has 28 heavy (non-hydrogen) atoms. The molecule has 0 unspecified atom stereocenters. The van der Waals surface area contributed by atoms with E-state index in [1.165, 1.54) is 18.2 Å². The molecule has 0 radical (unpaired) electrons. The van der Waals surface area contributed by atoms with Gasteiger partial charge in [0, 0.05) is 5.69 Å². The van der Waals surface area contributed by atoms with Crippen LogP contribution >= 0.6 is 0 Å². The minimum absolute atomic E-state index is 0.230. The predicted octanol–water partition coefficient (Wildman–Crippen LogP) is 4.09. The third kappa shape index (κ3) is 3.16. The van der Waals surface area contributed by atoms with Crippen molar-refractivity contribution in [3.05, 3.63) is 100 Å². The number of hydrogen-bond donors (Lipinski definition) is 1. The van der Waals surface area contributed by atoms with Crippen LogP contribution < -0.4 is 10.7 Å². The Morgan fingerprint density at radius 3 is 2.46 bits per heavy atom. The first-order valence-electron chi connectivity index (χ1n) is 8.69. The van der Waals surface area contributed by atoms with Crippen molar-refractivity contribution in [1.82, 2.24) is 9.78 Å². The fourth-order valence-electron chi connectivity index (χ4n) is 3.04. The molecule has 138 valence electrons. The highest BCUT2D eigenvalue weighted by Crippen LogP contribution is 2.18. The standard InChI is InChI=1S/C22H16FN3O2/c1-14-13-15(23)11-12-18(14)24-22(28)20-21(27)17-9-5-6-10-19(17)26(25-20)16-7-3-2-4-8-16/h2-13H,1H3,(H,24,28). The molecular weight excluding hydrogens is 357 g/mol. The number of carbonyl (C=O) groups excluding carboxylic acids is 1. The molecule has 0 fully saturated rings. The van der Waals surface area contributed by atoms with Gasteiger partial charge in [-0.15, -0.1) is 0 Å². The van der Waals surface area contributed by atoms with Crippen molar-refractivity contribution in [2.75, 3.05) is 5.32 Å². The lowest BCUT2D eigenvalue weighted by Gasteiger charge is -2.13. The van der Waals surface area contributed by atoms with E-state index in [0.29, 0.717) is 22.2 Å². The van der Waals surface area contributed by atoms with Crippen LogP contribution in [0.25, 0.3) is 16.6 Å². The second-order valence-corrected chi connectivity index (χ2v) is 6.36. The number of nitrogens with zero attached hydrogens (tertiary/aromatic N) is 2. The van der Waals surface area contributed by atoms with Gasteiger partial charge in [-0.2, -0.15) is 5.10 Å². The summed E-state index contributed by atoms with van der Waals surface area (Å²) in [5.41, 5.74) is 1.62. The van der Waals surface area contributed by atoms with E-state index in [2.05, 4.69) is 10.4 Å². The first kappa shape index (κ1) is 17.6. The van der Waals surface area contributed by atoms with E-state index in [-0.39, 0.29) is 5.69 Å². The van der Waals surface area contributed by atoms with E-state index in [1.807, 2.05) is 36.4 Å². The lowest BCUT2D eigenvalue weighted by Crippen LogP contribution is -2.27. The highest BCUT2D eigenvalue weighted by molar-refractivity contribution is 6.04. The van der Waals surface area contributed by atoms with Gasteiger partial charge in [0.2, 0.25) is 5.43 Å². The highest BCUT2D eigenvalue weighted by Gasteiger charge is 2.18. The summed E-state index contributed by atoms with van der Waals surface area (Å²) >= 11 is 0. The number of benzene rings is 3. The summed E-state index contributed by atoms with van der Waals surface area (Å²) in [6, 6.07) is 20.3. The minimum Gasteiger partial charge on any atom is -0.320 e. The average Bonchev–Trinajstić information content (AvgIpc) is 2.71. The van der Waals surface area contributed by atoms with Crippen molar-refractivity contribution in [3.63, 3.8) is 0 Å². The van der Waals surface area contributed by atoms with Gasteiger partial charge in [0.25, 0.3) is 5.91 Å². The topological polar surface area (TPSA) is 64.0 Å². The third-order valence-corrected chi connectivity index (χ3v) is 4.44. The zero-order chi connectivity index (χ0) is 19.7. The van der Waals surface area contributed by atoms with Crippen LogP contribution in [0.15, 0.2) is 77.6 Å². The Hall–Kier alpha value is -3.80. The van der Waals surface area contributed by atoms with E-state index in [4.69, 9.17) is 0 Å². The Kier molecular flexibility index (Phi) is 4.45. The fraction of sp³-hybridized carbons (Fsp3) is 0.0455. The minimum atomic E-state index is -0.643. The Balaban J connectivity index is 1.86. The molecule has 4 aromatic rings. The van der Waals surface area contributed by atoms with Gasteiger partial charge in [-0.05, 0) is 55.0 Å². The van der Waals surface area contributed by atoms with Crippen molar-refractivity contribution >= 4 is 22.5 Å². The molecular formula is C22H16FN3O2. The quantitative estimate of drug-likeness (QED) is 0.588. The van der Waals surface area contributed by atoms with E-state index in [9.17, 15) is 14.0 Å². The van der Waals surface area contributed by atoms with Gasteiger partial charge < -0.3 is 5.32 Å². The van der Waals surface area contributed by atoms with Crippen LogP contribution in [-0.2, 0) is 0 Å². The molecule has 3 aromatic carbocycles. The van der Waals surface area contributed by atoms with Crippen LogP contribution in [-0.4, -0.2) is 15.7 Å². The summed E-state index contributed by atoms with van der Waals surface area (Å²) < 4.78 is 14.9. The van der Waals surface area contributed by atoms with Gasteiger partial charge in [0.05, 0.1) is 16.6 Å². The van der Waals surface area contributed by atoms with Crippen LogP contribution in [0, 0.1) is 12.7 Å². The van der Waals surface area contributed by atoms with Gasteiger partial charge in [-0.25, -0.2) is 9.07 Å². The van der Waals surface area contributed by atoms with Gasteiger partial charge in [0.15, 0.2) is 5.69 Å². The first-order chi connectivity index (χ1) is 13.5. The van der Waals surface area contributed by atoms with Crippen LogP contribution in [0.1, 0.15) is 16.1 Å². The largest absolute Gasteiger partial charge is 0.320 e. The summed E-state index contributed by atoms with van der Waals surface area (Å²) in [6.07, 6.45) is 0. The maximum absolute atomic E-state index is 13.3. The molecule has 1 aromatic heterocycles. The molecule has 6 heteroatoms. The molecule has 0 aliphatic heterocycles. The Bertz CT molecular complexity index is 1250. The van der Waals surface area contributed by atoms with Gasteiger partial charge in [0.1, 0.15) is 5.82 Å². The molecule has 0 atom stereocenters. The predicted molar refractivity (Wildman–Crippen MR) is 106 cm³/mol. The monoisotopic (exact) mass is 373 g/mol. The maximum atomic E-state index is 13.3. The second kappa shape index (κ2) is 7.08. The van der Waals surface area contributed by atoms with E-state index < -0.39 is 17.2 Å². The van der Waals surface area contributed by atoms with Crippen molar-refractivity contribution in [3.8, 4) is 5.69 Å². The maximum Gasteiger partial charge on any atom is 0.280 e. The summed E-state index contributed by atoms with van der Waals surface area (Å²) in [7, 11) is 0. The second-order valence-electron chi connectivity index (χ2n) is 6.36. The number of aryl methyl sites for hydroxylation is 1. The van der Waals surface area contributed by atoms with E-state index in [1.54, 1.807) is 29.8 Å². The van der Waals surface area contributed by atoms with Crippen molar-refractivity contribution in [2.24, 2.45) is 0 Å². The summed E-state index contributed by atoms with van der Waals surface area (Å²) in [5.74, 6) is -1.04. The van der Waals surface area contributed by atoms with Crippen molar-refractivity contribution < 1.29 is 9.18 Å². The first-order valence-corrected chi connectivity index (χ1v) is 8.69. The van der Waals surface area contributed by atoms with Crippen LogP contribution in [0.3, 0.4) is 0 Å². The zero-order valence-corrected chi connectivity index (χ0v) is 15.0.